The molecule has 0 saturated carbocycles. The molecule has 0 fully saturated rings. The summed E-state index contributed by atoms with van der Waals surface area (Å²) < 4.78 is 10.1. The van der Waals surface area contributed by atoms with Crippen LogP contribution in [0.5, 0.6) is 0 Å². The number of carbonyl (C=O) groups is 2. The number of aliphatic hydroxyl groups is 1. The topological polar surface area (TPSA) is 121 Å². The van der Waals surface area contributed by atoms with Crippen molar-refractivity contribution in [2.24, 2.45) is 0 Å². The average Bonchev–Trinajstić information content (AvgIpc) is 3.00. The number of H-pyrrole nitrogens is 1. The van der Waals surface area contributed by atoms with Crippen LogP contribution in [0.3, 0.4) is 0 Å². The highest BCUT2D eigenvalue weighted by Crippen LogP contribution is 2.19. The van der Waals surface area contributed by atoms with Crippen molar-refractivity contribution in [1.82, 2.24) is 10.3 Å². The minimum absolute atomic E-state index is 0.0748. The molecule has 2 rings (SSSR count). The molecule has 0 saturated heterocycles. The van der Waals surface area contributed by atoms with Gasteiger partial charge >= 0.3 is 5.97 Å². The standard InChI is InChI=1S/C17H22N2O6/c20-5-6-24-7-8-25-11-16(21)19-15(17(22)23)9-12-10-18-14-4-2-1-3-13(12)14/h1-4,10,15,18,20H,5-9,11H2,(H,19,21)(H,22,23). The van der Waals surface area contributed by atoms with Crippen molar-refractivity contribution in [2.75, 3.05) is 33.0 Å². The van der Waals surface area contributed by atoms with E-state index >= 15 is 0 Å². The molecule has 1 amide bonds. The van der Waals surface area contributed by atoms with Gasteiger partial charge in [0.1, 0.15) is 12.6 Å². The number of aromatic nitrogens is 1. The van der Waals surface area contributed by atoms with Crippen molar-refractivity contribution in [3.05, 3.63) is 36.0 Å². The molecule has 8 heteroatoms. The maximum absolute atomic E-state index is 11.9. The molecule has 8 nitrogen and oxygen atoms in total. The van der Waals surface area contributed by atoms with Gasteiger partial charge in [0.15, 0.2) is 0 Å². The largest absolute Gasteiger partial charge is 0.480 e. The van der Waals surface area contributed by atoms with Gasteiger partial charge in [-0.1, -0.05) is 18.2 Å². The Bertz CT molecular complexity index is 699. The summed E-state index contributed by atoms with van der Waals surface area (Å²) in [4.78, 5) is 26.4. The third kappa shape index (κ3) is 5.86. The van der Waals surface area contributed by atoms with Crippen molar-refractivity contribution in [1.29, 1.82) is 0 Å². The Labute approximate surface area is 144 Å². The van der Waals surface area contributed by atoms with E-state index in [-0.39, 0.29) is 39.5 Å². The van der Waals surface area contributed by atoms with Gasteiger partial charge in [0.05, 0.1) is 26.4 Å². The van der Waals surface area contributed by atoms with Crippen LogP contribution in [-0.4, -0.2) is 66.1 Å². The summed E-state index contributed by atoms with van der Waals surface area (Å²) in [6, 6.07) is 6.53. The summed E-state index contributed by atoms with van der Waals surface area (Å²) in [5, 5.41) is 21.3. The van der Waals surface area contributed by atoms with Gasteiger partial charge in [0.25, 0.3) is 0 Å². The monoisotopic (exact) mass is 350 g/mol. The summed E-state index contributed by atoms with van der Waals surface area (Å²) in [5.41, 5.74) is 1.74. The third-order valence-electron chi connectivity index (χ3n) is 3.57. The molecule has 4 N–H and O–H groups in total. The molecule has 0 aliphatic heterocycles. The lowest BCUT2D eigenvalue weighted by Gasteiger charge is -2.14. The van der Waals surface area contributed by atoms with Crippen LogP contribution in [0, 0.1) is 0 Å². The first kappa shape index (κ1) is 18.9. The SMILES string of the molecule is O=C(COCCOCCO)NC(Cc1c[nH]c2ccccc12)C(=O)O. The van der Waals surface area contributed by atoms with E-state index in [4.69, 9.17) is 14.6 Å². The quantitative estimate of drug-likeness (QED) is 0.433. The number of benzene rings is 1. The number of fused-ring (bicyclic) bond motifs is 1. The molecule has 136 valence electrons. The van der Waals surface area contributed by atoms with Crippen molar-refractivity contribution >= 4 is 22.8 Å². The highest BCUT2D eigenvalue weighted by Gasteiger charge is 2.21. The van der Waals surface area contributed by atoms with E-state index in [0.717, 1.165) is 16.5 Å². The molecule has 25 heavy (non-hydrogen) atoms. The number of nitrogens with one attached hydrogen (secondary N) is 2. The van der Waals surface area contributed by atoms with Crippen LogP contribution in [-0.2, 0) is 25.5 Å². The normalized spacial score (nSPS) is 12.2. The smallest absolute Gasteiger partial charge is 0.326 e. The van der Waals surface area contributed by atoms with Crippen LogP contribution in [0.2, 0.25) is 0 Å². The molecule has 0 aliphatic rings. The number of amides is 1. The maximum atomic E-state index is 11.9. The van der Waals surface area contributed by atoms with Crippen LogP contribution in [0.15, 0.2) is 30.5 Å². The minimum atomic E-state index is -1.11. The van der Waals surface area contributed by atoms with Gasteiger partial charge < -0.3 is 30.0 Å². The molecule has 1 aromatic heterocycles. The molecule has 1 unspecified atom stereocenters. The fraction of sp³-hybridized carbons (Fsp3) is 0.412. The molecule has 1 aromatic carbocycles. The number of ether oxygens (including phenoxy) is 2. The molecule has 0 spiro atoms. The second kappa shape index (κ2) is 9.77. The summed E-state index contributed by atoms with van der Waals surface area (Å²) in [7, 11) is 0. The number of hydrogen-bond acceptors (Lipinski definition) is 5. The van der Waals surface area contributed by atoms with E-state index in [0.29, 0.717) is 0 Å². The Morgan fingerprint density at radius 3 is 2.68 bits per heavy atom. The first-order valence-corrected chi connectivity index (χ1v) is 7.95. The molecule has 0 bridgehead atoms. The average molecular weight is 350 g/mol. The second-order valence-electron chi connectivity index (χ2n) is 5.41. The number of rotatable bonds is 11. The Kier molecular flexibility index (Phi) is 7.39. The van der Waals surface area contributed by atoms with Crippen LogP contribution in [0.4, 0.5) is 0 Å². The van der Waals surface area contributed by atoms with E-state index < -0.39 is 17.9 Å². The Hall–Kier alpha value is -2.42. The molecule has 2 aromatic rings. The molecule has 0 aliphatic carbocycles. The van der Waals surface area contributed by atoms with E-state index in [1.807, 2.05) is 24.3 Å². The van der Waals surface area contributed by atoms with Gasteiger partial charge in [-0.05, 0) is 11.6 Å². The Morgan fingerprint density at radius 1 is 1.16 bits per heavy atom. The zero-order valence-corrected chi connectivity index (χ0v) is 13.7. The number of carbonyl (C=O) groups excluding carboxylic acids is 1. The van der Waals surface area contributed by atoms with Gasteiger partial charge in [-0.15, -0.1) is 0 Å². The third-order valence-corrected chi connectivity index (χ3v) is 3.57. The fourth-order valence-electron chi connectivity index (χ4n) is 2.41. The minimum Gasteiger partial charge on any atom is -0.480 e. The van der Waals surface area contributed by atoms with Gasteiger partial charge in [-0.25, -0.2) is 4.79 Å². The van der Waals surface area contributed by atoms with E-state index in [9.17, 15) is 14.7 Å². The van der Waals surface area contributed by atoms with Crippen molar-refractivity contribution < 1.29 is 29.3 Å². The molecule has 1 atom stereocenters. The first-order chi connectivity index (χ1) is 12.1. The Balaban J connectivity index is 1.84. The van der Waals surface area contributed by atoms with E-state index in [1.54, 1.807) is 6.20 Å². The number of aliphatic hydroxyl groups excluding tert-OH is 1. The predicted octanol–water partition coefficient (Wildman–Crippen LogP) is 0.305. The highest BCUT2D eigenvalue weighted by molar-refractivity contribution is 5.87. The molecule has 1 heterocycles. The van der Waals surface area contributed by atoms with Crippen LogP contribution >= 0.6 is 0 Å². The number of hydrogen-bond donors (Lipinski definition) is 4. The zero-order valence-electron chi connectivity index (χ0n) is 13.7. The number of aliphatic carboxylic acids is 1. The van der Waals surface area contributed by atoms with E-state index in [2.05, 4.69) is 10.3 Å². The lowest BCUT2D eigenvalue weighted by atomic mass is 10.1. The van der Waals surface area contributed by atoms with Crippen molar-refractivity contribution in [2.45, 2.75) is 12.5 Å². The first-order valence-electron chi connectivity index (χ1n) is 7.95. The lowest BCUT2D eigenvalue weighted by molar-refractivity contribution is -0.142. The second-order valence-corrected chi connectivity index (χ2v) is 5.41. The molecular formula is C17H22N2O6. The summed E-state index contributed by atoms with van der Waals surface area (Å²) in [6.07, 6.45) is 1.92. The van der Waals surface area contributed by atoms with Crippen LogP contribution in [0.1, 0.15) is 5.56 Å². The highest BCUT2D eigenvalue weighted by atomic mass is 16.5. The summed E-state index contributed by atoms with van der Waals surface area (Å²) >= 11 is 0. The van der Waals surface area contributed by atoms with Gasteiger partial charge in [-0.3, -0.25) is 4.79 Å². The summed E-state index contributed by atoms with van der Waals surface area (Å²) in [5.74, 6) is -1.61. The lowest BCUT2D eigenvalue weighted by Crippen LogP contribution is -2.44. The summed E-state index contributed by atoms with van der Waals surface area (Å²) in [6.45, 7) is 0.329. The van der Waals surface area contributed by atoms with Crippen LogP contribution < -0.4 is 5.32 Å². The number of para-hydroxylation sites is 1. The fourth-order valence-corrected chi connectivity index (χ4v) is 2.41. The van der Waals surface area contributed by atoms with Gasteiger partial charge in [-0.2, -0.15) is 0 Å². The van der Waals surface area contributed by atoms with Gasteiger partial charge in [0.2, 0.25) is 5.91 Å². The number of carboxylic acid groups (broad SMARTS) is 1. The van der Waals surface area contributed by atoms with E-state index in [1.165, 1.54) is 0 Å². The number of aromatic amines is 1. The van der Waals surface area contributed by atoms with Crippen molar-refractivity contribution in [3.8, 4) is 0 Å². The molecular weight excluding hydrogens is 328 g/mol. The maximum Gasteiger partial charge on any atom is 0.326 e. The Morgan fingerprint density at radius 2 is 1.92 bits per heavy atom. The van der Waals surface area contributed by atoms with Gasteiger partial charge in [0, 0.05) is 23.5 Å². The van der Waals surface area contributed by atoms with Crippen LogP contribution in [0.25, 0.3) is 10.9 Å². The zero-order chi connectivity index (χ0) is 18.1. The number of carboxylic acids is 1. The molecule has 0 radical (unpaired) electrons. The van der Waals surface area contributed by atoms with Crippen molar-refractivity contribution in [3.63, 3.8) is 0 Å². The predicted molar refractivity (Wildman–Crippen MR) is 90.3 cm³/mol.